The van der Waals surface area contributed by atoms with E-state index in [0.29, 0.717) is 6.04 Å². The molecule has 0 saturated heterocycles. The van der Waals surface area contributed by atoms with Gasteiger partial charge in [0.1, 0.15) is 0 Å². The van der Waals surface area contributed by atoms with Gasteiger partial charge >= 0.3 is 0 Å². The molecule has 1 aromatic rings. The highest BCUT2D eigenvalue weighted by Gasteiger charge is 2.11. The zero-order valence-corrected chi connectivity index (χ0v) is 8.01. The molecule has 2 rings (SSSR count). The lowest BCUT2D eigenvalue weighted by atomic mass is 10.0. The van der Waals surface area contributed by atoms with Gasteiger partial charge in [-0.15, -0.1) is 0 Å². The lowest BCUT2D eigenvalue weighted by Crippen LogP contribution is -2.23. The molecular formula is C11H16N2. The Morgan fingerprint density at radius 1 is 1.38 bits per heavy atom. The summed E-state index contributed by atoms with van der Waals surface area (Å²) in [6, 6.07) is 6.84. The van der Waals surface area contributed by atoms with Crippen LogP contribution in [0.1, 0.15) is 24.5 Å². The van der Waals surface area contributed by atoms with Gasteiger partial charge in [-0.1, -0.05) is 6.07 Å². The molecule has 2 heteroatoms. The zero-order chi connectivity index (χ0) is 9.26. The fourth-order valence-electron chi connectivity index (χ4n) is 1.81. The number of hydrogen-bond acceptors (Lipinski definition) is 2. The van der Waals surface area contributed by atoms with Gasteiger partial charge in [0.2, 0.25) is 0 Å². The smallest absolute Gasteiger partial charge is 0.0316 e. The molecule has 1 atom stereocenters. The van der Waals surface area contributed by atoms with E-state index in [1.165, 1.54) is 17.5 Å². The van der Waals surface area contributed by atoms with Crippen molar-refractivity contribution in [1.82, 2.24) is 5.32 Å². The van der Waals surface area contributed by atoms with Crippen molar-refractivity contribution in [3.63, 3.8) is 0 Å². The molecule has 1 aromatic carbocycles. The molecule has 0 amide bonds. The predicted octanol–water partition coefficient (Wildman–Crippen LogP) is 1.69. The van der Waals surface area contributed by atoms with Gasteiger partial charge in [0.25, 0.3) is 0 Å². The van der Waals surface area contributed by atoms with Crippen molar-refractivity contribution in [2.75, 3.05) is 5.73 Å². The quantitative estimate of drug-likeness (QED) is 0.590. The van der Waals surface area contributed by atoms with Crippen LogP contribution in [0.25, 0.3) is 0 Å². The van der Waals surface area contributed by atoms with Crippen molar-refractivity contribution in [3.8, 4) is 0 Å². The molecule has 1 aliphatic heterocycles. The topological polar surface area (TPSA) is 38.0 Å². The molecule has 1 heterocycles. The summed E-state index contributed by atoms with van der Waals surface area (Å²) in [6.07, 6.45) is 2.35. The Hall–Kier alpha value is -1.02. The number of nitrogens with one attached hydrogen (secondary N) is 1. The minimum absolute atomic E-state index is 0.619. The third-order valence-corrected chi connectivity index (χ3v) is 2.72. The molecule has 3 N–H and O–H groups in total. The zero-order valence-electron chi connectivity index (χ0n) is 8.01. The summed E-state index contributed by atoms with van der Waals surface area (Å²) < 4.78 is 0. The van der Waals surface area contributed by atoms with Gasteiger partial charge in [0, 0.05) is 18.3 Å². The molecule has 0 spiro atoms. The number of anilines is 1. The summed E-state index contributed by atoms with van der Waals surface area (Å²) in [6.45, 7) is 3.21. The van der Waals surface area contributed by atoms with Crippen molar-refractivity contribution in [3.05, 3.63) is 29.3 Å². The second-order valence-electron chi connectivity index (χ2n) is 3.85. The fourth-order valence-corrected chi connectivity index (χ4v) is 1.81. The average molecular weight is 176 g/mol. The Morgan fingerprint density at radius 2 is 2.23 bits per heavy atom. The van der Waals surface area contributed by atoms with E-state index in [2.05, 4.69) is 24.4 Å². The number of nitrogen functional groups attached to an aromatic ring is 1. The van der Waals surface area contributed by atoms with Crippen molar-refractivity contribution in [2.45, 2.75) is 32.4 Å². The van der Waals surface area contributed by atoms with Gasteiger partial charge in [0.15, 0.2) is 0 Å². The maximum Gasteiger partial charge on any atom is 0.0316 e. The number of hydrogen-bond donors (Lipinski definition) is 2. The molecule has 70 valence electrons. The van der Waals surface area contributed by atoms with E-state index in [0.717, 1.165) is 18.7 Å². The van der Waals surface area contributed by atoms with Gasteiger partial charge in [-0.3, -0.25) is 0 Å². The molecule has 0 aliphatic carbocycles. The molecule has 0 radical (unpaired) electrons. The maximum atomic E-state index is 5.75. The minimum atomic E-state index is 0.619. The maximum absolute atomic E-state index is 5.75. The SMILES string of the molecule is CC1CCc2cc(N)ccc2CN1. The third kappa shape index (κ3) is 1.83. The standard InChI is InChI=1S/C11H16N2/c1-8-2-3-9-6-11(12)5-4-10(9)7-13-8/h4-6,8,13H,2-3,7,12H2,1H3. The van der Waals surface area contributed by atoms with E-state index in [4.69, 9.17) is 5.73 Å². The van der Waals surface area contributed by atoms with Crippen LogP contribution < -0.4 is 11.1 Å². The summed E-state index contributed by atoms with van der Waals surface area (Å²) in [4.78, 5) is 0. The van der Waals surface area contributed by atoms with Gasteiger partial charge in [0.05, 0.1) is 0 Å². The summed E-state index contributed by atoms with van der Waals surface area (Å²) in [7, 11) is 0. The minimum Gasteiger partial charge on any atom is -0.399 e. The second-order valence-corrected chi connectivity index (χ2v) is 3.85. The summed E-state index contributed by atoms with van der Waals surface area (Å²) in [5.41, 5.74) is 9.44. The number of rotatable bonds is 0. The van der Waals surface area contributed by atoms with Gasteiger partial charge in [-0.25, -0.2) is 0 Å². The predicted molar refractivity (Wildman–Crippen MR) is 55.5 cm³/mol. The molecule has 0 bridgehead atoms. The normalized spacial score (nSPS) is 22.1. The van der Waals surface area contributed by atoms with Crippen LogP contribution in [0.15, 0.2) is 18.2 Å². The first kappa shape index (κ1) is 8.57. The van der Waals surface area contributed by atoms with Crippen LogP contribution in [0, 0.1) is 0 Å². The Bertz CT molecular complexity index is 307. The molecule has 13 heavy (non-hydrogen) atoms. The molecule has 1 aliphatic rings. The highest BCUT2D eigenvalue weighted by molar-refractivity contribution is 5.45. The Morgan fingerprint density at radius 3 is 3.08 bits per heavy atom. The lowest BCUT2D eigenvalue weighted by Gasteiger charge is -2.07. The third-order valence-electron chi connectivity index (χ3n) is 2.72. The monoisotopic (exact) mass is 176 g/mol. The van der Waals surface area contributed by atoms with Crippen LogP contribution in [0.5, 0.6) is 0 Å². The first-order chi connectivity index (χ1) is 6.25. The summed E-state index contributed by atoms with van der Waals surface area (Å²) in [5, 5.41) is 3.48. The van der Waals surface area contributed by atoms with E-state index in [9.17, 15) is 0 Å². The number of benzene rings is 1. The Kier molecular flexibility index (Phi) is 2.23. The van der Waals surface area contributed by atoms with Crippen molar-refractivity contribution < 1.29 is 0 Å². The average Bonchev–Trinajstić information content (AvgIpc) is 2.29. The van der Waals surface area contributed by atoms with E-state index in [1.807, 2.05) is 6.07 Å². The van der Waals surface area contributed by atoms with E-state index in [-0.39, 0.29) is 0 Å². The highest BCUT2D eigenvalue weighted by Crippen LogP contribution is 2.19. The van der Waals surface area contributed by atoms with Crippen LogP contribution in [0.4, 0.5) is 5.69 Å². The van der Waals surface area contributed by atoms with Crippen LogP contribution in [-0.4, -0.2) is 6.04 Å². The molecule has 0 fully saturated rings. The summed E-state index contributed by atoms with van der Waals surface area (Å²) in [5.74, 6) is 0. The van der Waals surface area contributed by atoms with E-state index < -0.39 is 0 Å². The van der Waals surface area contributed by atoms with Crippen molar-refractivity contribution in [2.24, 2.45) is 0 Å². The van der Waals surface area contributed by atoms with Crippen LogP contribution in [0.3, 0.4) is 0 Å². The van der Waals surface area contributed by atoms with Crippen molar-refractivity contribution in [1.29, 1.82) is 0 Å². The Balaban J connectivity index is 2.30. The second kappa shape index (κ2) is 3.38. The van der Waals surface area contributed by atoms with Crippen LogP contribution in [0.2, 0.25) is 0 Å². The highest BCUT2D eigenvalue weighted by atomic mass is 14.9. The molecule has 1 unspecified atom stereocenters. The van der Waals surface area contributed by atoms with E-state index in [1.54, 1.807) is 0 Å². The first-order valence-electron chi connectivity index (χ1n) is 4.86. The largest absolute Gasteiger partial charge is 0.399 e. The van der Waals surface area contributed by atoms with Crippen LogP contribution in [-0.2, 0) is 13.0 Å². The molecule has 0 aromatic heterocycles. The summed E-state index contributed by atoms with van der Waals surface area (Å²) >= 11 is 0. The molecular weight excluding hydrogens is 160 g/mol. The van der Waals surface area contributed by atoms with E-state index >= 15 is 0 Å². The first-order valence-corrected chi connectivity index (χ1v) is 4.86. The van der Waals surface area contributed by atoms with Gasteiger partial charge in [-0.2, -0.15) is 0 Å². The van der Waals surface area contributed by atoms with Gasteiger partial charge < -0.3 is 11.1 Å². The number of nitrogens with two attached hydrogens (primary N) is 1. The fraction of sp³-hybridized carbons (Fsp3) is 0.455. The Labute approximate surface area is 79.1 Å². The molecule has 0 saturated carbocycles. The molecule has 2 nitrogen and oxygen atoms in total. The lowest BCUT2D eigenvalue weighted by molar-refractivity contribution is 0.534. The number of fused-ring (bicyclic) bond motifs is 1. The van der Waals surface area contributed by atoms with Gasteiger partial charge in [-0.05, 0) is 43.0 Å². The van der Waals surface area contributed by atoms with Crippen molar-refractivity contribution >= 4 is 5.69 Å². The number of aryl methyl sites for hydroxylation is 1. The van der Waals surface area contributed by atoms with Crippen LogP contribution >= 0.6 is 0 Å².